The van der Waals surface area contributed by atoms with Gasteiger partial charge in [0.05, 0.1) is 0 Å². The number of nitrogens with zero attached hydrogens (tertiary/aromatic N) is 1. The number of pyridine rings is 1. The fourth-order valence-corrected chi connectivity index (χ4v) is 1.26. The largest absolute Gasteiger partial charge is 0.466 e. The molecular formula is C11H11NO. The lowest BCUT2D eigenvalue weighted by molar-refractivity contribution is 0.491. The second-order valence-corrected chi connectivity index (χ2v) is 3.01. The highest BCUT2D eigenvalue weighted by molar-refractivity contribution is 5.14. The molecule has 2 nitrogen and oxygen atoms in total. The summed E-state index contributed by atoms with van der Waals surface area (Å²) < 4.78 is 5.45. The van der Waals surface area contributed by atoms with Gasteiger partial charge >= 0.3 is 0 Å². The maximum Gasteiger partial charge on any atom is 0.110 e. The van der Waals surface area contributed by atoms with Crippen molar-refractivity contribution in [2.24, 2.45) is 0 Å². The smallest absolute Gasteiger partial charge is 0.110 e. The van der Waals surface area contributed by atoms with Crippen molar-refractivity contribution in [3.63, 3.8) is 0 Å². The van der Waals surface area contributed by atoms with Gasteiger partial charge < -0.3 is 4.42 Å². The molecule has 2 heterocycles. The molecule has 2 aromatic heterocycles. The summed E-state index contributed by atoms with van der Waals surface area (Å²) in [6.07, 6.45) is 2.57. The molecule has 66 valence electrons. The molecule has 0 unspecified atom stereocenters. The zero-order chi connectivity index (χ0) is 9.10. The van der Waals surface area contributed by atoms with Crippen molar-refractivity contribution in [3.8, 4) is 0 Å². The molecule has 0 fully saturated rings. The van der Waals surface area contributed by atoms with E-state index in [1.54, 1.807) is 6.20 Å². The lowest BCUT2D eigenvalue weighted by Gasteiger charge is -1.95. The summed E-state index contributed by atoms with van der Waals surface area (Å²) in [5, 5.41) is 0. The molecule has 2 rings (SSSR count). The Hall–Kier alpha value is -1.57. The fraction of sp³-hybridized carbons (Fsp3) is 0.182. The molecule has 0 saturated heterocycles. The topological polar surface area (TPSA) is 26.0 Å². The Labute approximate surface area is 77.2 Å². The van der Waals surface area contributed by atoms with Crippen molar-refractivity contribution >= 4 is 0 Å². The van der Waals surface area contributed by atoms with Gasteiger partial charge in [-0.25, -0.2) is 0 Å². The van der Waals surface area contributed by atoms with Gasteiger partial charge in [0.1, 0.15) is 11.5 Å². The summed E-state index contributed by atoms with van der Waals surface area (Å²) in [6.45, 7) is 1.95. The molecule has 0 N–H and O–H groups in total. The third-order valence-corrected chi connectivity index (χ3v) is 1.88. The van der Waals surface area contributed by atoms with Gasteiger partial charge in [0.15, 0.2) is 0 Å². The molecular weight excluding hydrogens is 162 g/mol. The molecule has 0 radical (unpaired) electrons. The van der Waals surface area contributed by atoms with Crippen LogP contribution in [0.2, 0.25) is 0 Å². The van der Waals surface area contributed by atoms with Crippen LogP contribution in [0, 0.1) is 6.92 Å². The molecule has 0 atom stereocenters. The summed E-state index contributed by atoms with van der Waals surface area (Å²) in [5.41, 5.74) is 1.04. The predicted molar refractivity (Wildman–Crippen MR) is 50.5 cm³/mol. The van der Waals surface area contributed by atoms with Crippen LogP contribution in [0.1, 0.15) is 17.2 Å². The third kappa shape index (κ3) is 1.96. The first-order valence-electron chi connectivity index (χ1n) is 4.30. The number of aryl methyl sites for hydroxylation is 1. The Bertz CT molecular complexity index is 378. The first-order valence-corrected chi connectivity index (χ1v) is 4.30. The summed E-state index contributed by atoms with van der Waals surface area (Å²) in [4.78, 5) is 4.22. The summed E-state index contributed by atoms with van der Waals surface area (Å²) in [7, 11) is 0. The van der Waals surface area contributed by atoms with Gasteiger partial charge in [-0.05, 0) is 31.2 Å². The van der Waals surface area contributed by atoms with Crippen LogP contribution in [0.3, 0.4) is 0 Å². The molecule has 0 aliphatic carbocycles. The fourth-order valence-electron chi connectivity index (χ4n) is 1.26. The van der Waals surface area contributed by atoms with Crippen molar-refractivity contribution in [1.29, 1.82) is 0 Å². The van der Waals surface area contributed by atoms with Crippen LogP contribution in [-0.4, -0.2) is 4.98 Å². The highest BCUT2D eigenvalue weighted by Crippen LogP contribution is 2.10. The lowest BCUT2D eigenvalue weighted by atomic mass is 10.2. The predicted octanol–water partition coefficient (Wildman–Crippen LogP) is 2.57. The van der Waals surface area contributed by atoms with Gasteiger partial charge in [-0.15, -0.1) is 0 Å². The van der Waals surface area contributed by atoms with Gasteiger partial charge in [-0.2, -0.15) is 0 Å². The summed E-state index contributed by atoms with van der Waals surface area (Å²) >= 11 is 0. The number of aromatic nitrogens is 1. The maximum absolute atomic E-state index is 5.45. The van der Waals surface area contributed by atoms with Crippen LogP contribution >= 0.6 is 0 Å². The number of rotatable bonds is 2. The normalized spacial score (nSPS) is 10.2. The highest BCUT2D eigenvalue weighted by atomic mass is 16.3. The first kappa shape index (κ1) is 8.05. The average molecular weight is 173 g/mol. The van der Waals surface area contributed by atoms with Crippen molar-refractivity contribution in [3.05, 3.63) is 53.7 Å². The minimum Gasteiger partial charge on any atom is -0.466 e. The molecule has 0 aromatic carbocycles. The van der Waals surface area contributed by atoms with Gasteiger partial charge in [0.25, 0.3) is 0 Å². The number of hydrogen-bond donors (Lipinski definition) is 0. The second-order valence-electron chi connectivity index (χ2n) is 3.01. The van der Waals surface area contributed by atoms with Crippen LogP contribution < -0.4 is 0 Å². The second kappa shape index (κ2) is 3.44. The minimum atomic E-state index is 0.772. The SMILES string of the molecule is Cc1ccc(Cc2ccccn2)o1. The first-order chi connectivity index (χ1) is 6.34. The molecule has 2 aromatic rings. The number of hydrogen-bond acceptors (Lipinski definition) is 2. The van der Waals surface area contributed by atoms with Gasteiger partial charge in [-0.3, -0.25) is 4.98 Å². The third-order valence-electron chi connectivity index (χ3n) is 1.88. The molecule has 0 bridgehead atoms. The van der Waals surface area contributed by atoms with E-state index in [0.29, 0.717) is 0 Å². The molecule has 13 heavy (non-hydrogen) atoms. The van der Waals surface area contributed by atoms with E-state index in [4.69, 9.17) is 4.42 Å². The van der Waals surface area contributed by atoms with Crippen LogP contribution in [0.4, 0.5) is 0 Å². The van der Waals surface area contributed by atoms with Crippen LogP contribution in [-0.2, 0) is 6.42 Å². The lowest BCUT2D eigenvalue weighted by Crippen LogP contribution is -1.88. The van der Waals surface area contributed by atoms with Crippen molar-refractivity contribution in [2.75, 3.05) is 0 Å². The molecule has 0 spiro atoms. The zero-order valence-corrected chi connectivity index (χ0v) is 7.53. The Morgan fingerprint density at radius 2 is 2.15 bits per heavy atom. The number of furan rings is 1. The van der Waals surface area contributed by atoms with Crippen LogP contribution in [0.5, 0.6) is 0 Å². The van der Waals surface area contributed by atoms with E-state index in [1.807, 2.05) is 37.3 Å². The standard InChI is InChI=1S/C11H11NO/c1-9-5-6-11(13-9)8-10-4-2-3-7-12-10/h2-7H,8H2,1H3. The summed E-state index contributed by atoms with van der Waals surface area (Å²) in [5.74, 6) is 1.92. The molecule has 2 heteroatoms. The van der Waals surface area contributed by atoms with Crippen molar-refractivity contribution < 1.29 is 4.42 Å². The van der Waals surface area contributed by atoms with Crippen LogP contribution in [0.25, 0.3) is 0 Å². The molecule has 0 amide bonds. The average Bonchev–Trinajstić information content (AvgIpc) is 2.53. The van der Waals surface area contributed by atoms with Gasteiger partial charge in [0, 0.05) is 18.3 Å². The van der Waals surface area contributed by atoms with E-state index in [1.165, 1.54) is 0 Å². The van der Waals surface area contributed by atoms with E-state index < -0.39 is 0 Å². The van der Waals surface area contributed by atoms with Crippen molar-refractivity contribution in [1.82, 2.24) is 4.98 Å². The van der Waals surface area contributed by atoms with Crippen molar-refractivity contribution in [2.45, 2.75) is 13.3 Å². The van der Waals surface area contributed by atoms with Crippen LogP contribution in [0.15, 0.2) is 40.9 Å². The Morgan fingerprint density at radius 3 is 2.77 bits per heavy atom. The Kier molecular flexibility index (Phi) is 2.13. The molecule has 0 aliphatic rings. The van der Waals surface area contributed by atoms with E-state index in [2.05, 4.69) is 4.98 Å². The van der Waals surface area contributed by atoms with E-state index in [9.17, 15) is 0 Å². The van der Waals surface area contributed by atoms with E-state index in [0.717, 1.165) is 23.6 Å². The summed E-state index contributed by atoms with van der Waals surface area (Å²) in [6, 6.07) is 9.86. The quantitative estimate of drug-likeness (QED) is 0.697. The Morgan fingerprint density at radius 1 is 1.23 bits per heavy atom. The monoisotopic (exact) mass is 173 g/mol. The van der Waals surface area contributed by atoms with Gasteiger partial charge in [0.2, 0.25) is 0 Å². The highest BCUT2D eigenvalue weighted by Gasteiger charge is 2.00. The molecule has 0 aliphatic heterocycles. The van der Waals surface area contributed by atoms with Gasteiger partial charge in [-0.1, -0.05) is 6.07 Å². The van der Waals surface area contributed by atoms with E-state index >= 15 is 0 Å². The molecule has 0 saturated carbocycles. The minimum absolute atomic E-state index is 0.772. The zero-order valence-electron chi connectivity index (χ0n) is 7.53. The van der Waals surface area contributed by atoms with E-state index in [-0.39, 0.29) is 0 Å². The maximum atomic E-state index is 5.45. The Balaban J connectivity index is 2.15.